The van der Waals surface area contributed by atoms with Gasteiger partial charge in [0.1, 0.15) is 12.4 Å². The van der Waals surface area contributed by atoms with Crippen LogP contribution in [0, 0.1) is 0 Å². The fraction of sp³-hybridized carbons (Fsp3) is 0.0769. The number of aldehydes is 1. The van der Waals surface area contributed by atoms with Gasteiger partial charge >= 0.3 is 0 Å². The van der Waals surface area contributed by atoms with Crippen molar-refractivity contribution in [2.24, 2.45) is 0 Å². The first-order chi connectivity index (χ1) is 9.28. The summed E-state index contributed by atoms with van der Waals surface area (Å²) in [6.45, 7) is 0.301. The fourth-order valence-corrected chi connectivity index (χ4v) is 2.68. The topological polar surface area (TPSA) is 43.6 Å². The van der Waals surface area contributed by atoms with Crippen LogP contribution in [0.2, 0.25) is 5.02 Å². The molecular weight excluding hydrogens is 284 g/mol. The molecule has 0 aliphatic heterocycles. The third-order valence-corrected chi connectivity index (χ3v) is 3.75. The number of nitrogens with zero attached hydrogens (tertiary/aromatic N) is 2. The van der Waals surface area contributed by atoms with Crippen molar-refractivity contribution in [3.63, 3.8) is 0 Å². The Kier molecular flexibility index (Phi) is 3.23. The van der Waals surface area contributed by atoms with Crippen LogP contribution >= 0.6 is 22.9 Å². The predicted molar refractivity (Wildman–Crippen MR) is 74.2 cm³/mol. The standard InChI is InChI=1S/C13H9ClN2O2S/c14-11-2-1-3-12(10(11)7-17)18-8-9-6-16-4-5-19-13(16)15-9/h1-7H,8H2. The molecule has 2 aromatic heterocycles. The van der Waals surface area contributed by atoms with Gasteiger partial charge in [-0.15, -0.1) is 11.3 Å². The number of halogens is 1. The van der Waals surface area contributed by atoms with Gasteiger partial charge in [-0.1, -0.05) is 17.7 Å². The zero-order valence-electron chi connectivity index (χ0n) is 9.75. The summed E-state index contributed by atoms with van der Waals surface area (Å²) >= 11 is 7.49. The second-order valence-corrected chi connectivity index (χ2v) is 5.16. The molecule has 0 spiro atoms. The molecule has 4 nitrogen and oxygen atoms in total. The van der Waals surface area contributed by atoms with Gasteiger partial charge in [-0.05, 0) is 12.1 Å². The number of hydrogen-bond donors (Lipinski definition) is 0. The van der Waals surface area contributed by atoms with Crippen LogP contribution in [0.1, 0.15) is 16.1 Å². The first-order valence-electron chi connectivity index (χ1n) is 5.55. The number of thiazole rings is 1. The minimum Gasteiger partial charge on any atom is -0.486 e. The Labute approximate surface area is 118 Å². The summed E-state index contributed by atoms with van der Waals surface area (Å²) in [6, 6.07) is 5.12. The van der Waals surface area contributed by atoms with Gasteiger partial charge in [-0.3, -0.25) is 9.20 Å². The van der Waals surface area contributed by atoms with Crippen molar-refractivity contribution >= 4 is 34.2 Å². The van der Waals surface area contributed by atoms with Crippen LogP contribution in [0.4, 0.5) is 0 Å². The molecule has 6 heteroatoms. The van der Waals surface area contributed by atoms with Crippen LogP contribution in [-0.2, 0) is 6.61 Å². The molecular formula is C13H9ClN2O2S. The van der Waals surface area contributed by atoms with E-state index in [-0.39, 0.29) is 0 Å². The third kappa shape index (κ3) is 2.34. The molecule has 0 amide bonds. The molecule has 0 radical (unpaired) electrons. The number of hydrogen-bond acceptors (Lipinski definition) is 4. The third-order valence-electron chi connectivity index (χ3n) is 2.65. The number of imidazole rings is 1. The molecule has 0 atom stereocenters. The lowest BCUT2D eigenvalue weighted by Crippen LogP contribution is -1.99. The molecule has 0 fully saturated rings. The van der Waals surface area contributed by atoms with Crippen LogP contribution in [0.15, 0.2) is 36.0 Å². The number of aromatic nitrogens is 2. The predicted octanol–water partition coefficient (Wildman–Crippen LogP) is 3.44. The molecule has 0 saturated carbocycles. The monoisotopic (exact) mass is 292 g/mol. The van der Waals surface area contributed by atoms with Crippen LogP contribution in [0.5, 0.6) is 5.75 Å². The average Bonchev–Trinajstić information content (AvgIpc) is 2.97. The van der Waals surface area contributed by atoms with Crippen LogP contribution in [0.25, 0.3) is 4.96 Å². The Morgan fingerprint density at radius 2 is 2.37 bits per heavy atom. The number of rotatable bonds is 4. The molecule has 0 N–H and O–H groups in total. The van der Waals surface area contributed by atoms with E-state index in [1.165, 1.54) is 0 Å². The highest BCUT2D eigenvalue weighted by Gasteiger charge is 2.09. The van der Waals surface area contributed by atoms with E-state index in [2.05, 4.69) is 4.98 Å². The normalized spacial score (nSPS) is 10.8. The quantitative estimate of drug-likeness (QED) is 0.692. The van der Waals surface area contributed by atoms with E-state index in [9.17, 15) is 4.79 Å². The number of benzene rings is 1. The zero-order valence-corrected chi connectivity index (χ0v) is 11.3. The Balaban J connectivity index is 1.81. The van der Waals surface area contributed by atoms with Crippen LogP contribution < -0.4 is 4.74 Å². The van der Waals surface area contributed by atoms with Crippen LogP contribution in [0.3, 0.4) is 0 Å². The first-order valence-corrected chi connectivity index (χ1v) is 6.81. The molecule has 96 valence electrons. The molecule has 0 aliphatic carbocycles. The molecule has 3 aromatic rings. The summed E-state index contributed by atoms with van der Waals surface area (Å²) in [5.41, 5.74) is 1.17. The van der Waals surface area contributed by atoms with Gasteiger partial charge in [0.25, 0.3) is 0 Å². The highest BCUT2D eigenvalue weighted by atomic mass is 35.5. The van der Waals surface area contributed by atoms with Gasteiger partial charge < -0.3 is 4.74 Å². The smallest absolute Gasteiger partial charge is 0.193 e. The average molecular weight is 293 g/mol. The van der Waals surface area contributed by atoms with Crippen molar-refractivity contribution in [1.82, 2.24) is 9.38 Å². The van der Waals surface area contributed by atoms with Crippen LogP contribution in [-0.4, -0.2) is 15.7 Å². The van der Waals surface area contributed by atoms with Crippen molar-refractivity contribution in [1.29, 1.82) is 0 Å². The Bertz CT molecular complexity index is 707. The van der Waals surface area contributed by atoms with E-state index >= 15 is 0 Å². The summed E-state index contributed by atoms with van der Waals surface area (Å²) in [4.78, 5) is 16.3. The lowest BCUT2D eigenvalue weighted by atomic mass is 10.2. The largest absolute Gasteiger partial charge is 0.486 e. The lowest BCUT2D eigenvalue weighted by molar-refractivity contribution is 0.111. The minimum atomic E-state index is 0.301. The maximum absolute atomic E-state index is 11.0. The number of carbonyl (C=O) groups is 1. The Hall–Kier alpha value is -1.85. The highest BCUT2D eigenvalue weighted by molar-refractivity contribution is 7.15. The van der Waals surface area contributed by atoms with E-state index in [1.54, 1.807) is 29.5 Å². The summed E-state index contributed by atoms with van der Waals surface area (Å²) in [6.07, 6.45) is 4.53. The maximum atomic E-state index is 11.0. The van der Waals surface area contributed by atoms with Crippen molar-refractivity contribution in [3.8, 4) is 5.75 Å². The van der Waals surface area contributed by atoms with E-state index in [4.69, 9.17) is 16.3 Å². The maximum Gasteiger partial charge on any atom is 0.193 e. The minimum absolute atomic E-state index is 0.301. The molecule has 0 saturated heterocycles. The van der Waals surface area contributed by atoms with E-state index in [1.807, 2.05) is 22.2 Å². The van der Waals surface area contributed by atoms with Gasteiger partial charge in [0.2, 0.25) is 0 Å². The fourth-order valence-electron chi connectivity index (χ4n) is 1.75. The Morgan fingerprint density at radius 1 is 1.47 bits per heavy atom. The molecule has 19 heavy (non-hydrogen) atoms. The summed E-state index contributed by atoms with van der Waals surface area (Å²) in [5.74, 6) is 0.471. The first kappa shape index (κ1) is 12.2. The molecule has 0 bridgehead atoms. The van der Waals surface area contributed by atoms with Gasteiger partial charge in [0.15, 0.2) is 11.2 Å². The van der Waals surface area contributed by atoms with E-state index in [0.717, 1.165) is 10.7 Å². The van der Waals surface area contributed by atoms with Gasteiger partial charge in [-0.2, -0.15) is 0 Å². The van der Waals surface area contributed by atoms with Gasteiger partial charge in [-0.25, -0.2) is 4.98 Å². The SMILES string of the molecule is O=Cc1c(Cl)cccc1OCc1cn2ccsc2n1. The second-order valence-electron chi connectivity index (χ2n) is 3.88. The van der Waals surface area contributed by atoms with Crippen molar-refractivity contribution < 1.29 is 9.53 Å². The molecule has 1 aromatic carbocycles. The lowest BCUT2D eigenvalue weighted by Gasteiger charge is -2.07. The number of fused-ring (bicyclic) bond motifs is 1. The molecule has 0 aliphatic rings. The van der Waals surface area contributed by atoms with Crippen molar-refractivity contribution in [2.45, 2.75) is 6.61 Å². The van der Waals surface area contributed by atoms with E-state index in [0.29, 0.717) is 29.2 Å². The Morgan fingerprint density at radius 3 is 3.16 bits per heavy atom. The van der Waals surface area contributed by atoms with Gasteiger partial charge in [0, 0.05) is 17.8 Å². The summed E-state index contributed by atoms with van der Waals surface area (Å²) in [5, 5.41) is 2.35. The molecule has 3 rings (SSSR count). The van der Waals surface area contributed by atoms with Gasteiger partial charge in [0.05, 0.1) is 16.3 Å². The zero-order chi connectivity index (χ0) is 13.2. The van der Waals surface area contributed by atoms with Crippen molar-refractivity contribution in [3.05, 3.63) is 52.3 Å². The molecule has 0 unspecified atom stereocenters. The highest BCUT2D eigenvalue weighted by Crippen LogP contribution is 2.25. The van der Waals surface area contributed by atoms with E-state index < -0.39 is 0 Å². The second kappa shape index (κ2) is 5.03. The summed E-state index contributed by atoms with van der Waals surface area (Å²) in [7, 11) is 0. The number of carbonyl (C=O) groups excluding carboxylic acids is 1. The number of ether oxygens (including phenoxy) is 1. The molecule has 2 heterocycles. The summed E-state index contributed by atoms with van der Waals surface area (Å²) < 4.78 is 7.54. The van der Waals surface area contributed by atoms with Crippen molar-refractivity contribution in [2.75, 3.05) is 0 Å².